The molecule has 2 aliphatic rings. The topological polar surface area (TPSA) is 29.0 Å². The van der Waals surface area contributed by atoms with E-state index in [1.165, 1.54) is 38.5 Å². The standard InChI is InChI=1S/C15H22ClN3/c1-12-10-13(11-16)18-14(17-12)19-8-6-15(7-9-19)4-2-3-5-15/h10H,2-9,11H2,1H3. The number of rotatable bonds is 2. The van der Waals surface area contributed by atoms with Crippen molar-refractivity contribution in [3.63, 3.8) is 0 Å². The van der Waals surface area contributed by atoms with Crippen molar-refractivity contribution >= 4 is 17.5 Å². The molecule has 0 aromatic carbocycles. The summed E-state index contributed by atoms with van der Waals surface area (Å²) in [4.78, 5) is 11.5. The zero-order chi connectivity index (χ0) is 13.3. The van der Waals surface area contributed by atoms with E-state index in [2.05, 4.69) is 14.9 Å². The van der Waals surface area contributed by atoms with Gasteiger partial charge in [-0.15, -0.1) is 11.6 Å². The van der Waals surface area contributed by atoms with Gasteiger partial charge in [0.1, 0.15) is 0 Å². The van der Waals surface area contributed by atoms with Gasteiger partial charge in [0.25, 0.3) is 0 Å². The molecular weight excluding hydrogens is 258 g/mol. The molecule has 0 N–H and O–H groups in total. The van der Waals surface area contributed by atoms with E-state index in [0.717, 1.165) is 30.4 Å². The number of anilines is 1. The number of halogens is 1. The van der Waals surface area contributed by atoms with Crippen LogP contribution < -0.4 is 4.90 Å². The van der Waals surface area contributed by atoms with E-state index in [4.69, 9.17) is 11.6 Å². The van der Waals surface area contributed by atoms with Gasteiger partial charge in [0.05, 0.1) is 11.6 Å². The van der Waals surface area contributed by atoms with Crippen LogP contribution >= 0.6 is 11.6 Å². The second-order valence-corrected chi connectivity index (χ2v) is 6.40. The number of alkyl halides is 1. The summed E-state index contributed by atoms with van der Waals surface area (Å²) in [5.41, 5.74) is 2.60. The molecule has 3 nitrogen and oxygen atoms in total. The molecule has 19 heavy (non-hydrogen) atoms. The fourth-order valence-electron chi connectivity index (χ4n) is 3.63. The van der Waals surface area contributed by atoms with Crippen molar-refractivity contribution in [3.05, 3.63) is 17.5 Å². The first-order valence-corrected chi connectivity index (χ1v) is 7.90. The Morgan fingerprint density at radius 2 is 1.84 bits per heavy atom. The minimum absolute atomic E-state index is 0.466. The number of piperidine rings is 1. The van der Waals surface area contributed by atoms with Gasteiger partial charge in [0, 0.05) is 18.8 Å². The van der Waals surface area contributed by atoms with Gasteiger partial charge in [-0.25, -0.2) is 9.97 Å². The highest BCUT2D eigenvalue weighted by Gasteiger charge is 2.37. The van der Waals surface area contributed by atoms with Gasteiger partial charge in [-0.2, -0.15) is 0 Å². The van der Waals surface area contributed by atoms with E-state index in [1.807, 2.05) is 13.0 Å². The molecule has 2 heterocycles. The molecule has 104 valence electrons. The first-order chi connectivity index (χ1) is 9.21. The Kier molecular flexibility index (Phi) is 3.66. The lowest BCUT2D eigenvalue weighted by Crippen LogP contribution is -2.39. The molecule has 0 radical (unpaired) electrons. The van der Waals surface area contributed by atoms with E-state index >= 15 is 0 Å². The summed E-state index contributed by atoms with van der Waals surface area (Å²) in [6.45, 7) is 4.22. The van der Waals surface area contributed by atoms with Gasteiger partial charge >= 0.3 is 0 Å². The number of nitrogens with zero attached hydrogens (tertiary/aromatic N) is 3. The summed E-state index contributed by atoms with van der Waals surface area (Å²) >= 11 is 5.90. The molecule has 0 bridgehead atoms. The number of aryl methyl sites for hydroxylation is 1. The third kappa shape index (κ3) is 2.71. The molecule has 0 unspecified atom stereocenters. The molecule has 0 atom stereocenters. The Hall–Kier alpha value is -0.830. The van der Waals surface area contributed by atoms with Crippen molar-refractivity contribution in [1.82, 2.24) is 9.97 Å². The van der Waals surface area contributed by atoms with Gasteiger partial charge in [-0.1, -0.05) is 12.8 Å². The van der Waals surface area contributed by atoms with Crippen LogP contribution in [0.15, 0.2) is 6.07 Å². The predicted octanol–water partition coefficient (Wildman–Crippen LogP) is 3.68. The van der Waals surface area contributed by atoms with Gasteiger partial charge in [0.15, 0.2) is 0 Å². The second kappa shape index (κ2) is 5.28. The maximum Gasteiger partial charge on any atom is 0.225 e. The Balaban J connectivity index is 1.72. The van der Waals surface area contributed by atoms with E-state index in [9.17, 15) is 0 Å². The average Bonchev–Trinajstić information content (AvgIpc) is 2.87. The smallest absolute Gasteiger partial charge is 0.225 e. The third-order valence-electron chi connectivity index (χ3n) is 4.80. The van der Waals surface area contributed by atoms with Crippen molar-refractivity contribution in [2.24, 2.45) is 5.41 Å². The van der Waals surface area contributed by atoms with E-state index in [1.54, 1.807) is 0 Å². The van der Waals surface area contributed by atoms with Gasteiger partial charge in [-0.3, -0.25) is 0 Å². The minimum atomic E-state index is 0.466. The third-order valence-corrected chi connectivity index (χ3v) is 5.08. The fourth-order valence-corrected chi connectivity index (χ4v) is 3.77. The van der Waals surface area contributed by atoms with Gasteiger partial charge in [0.2, 0.25) is 5.95 Å². The quantitative estimate of drug-likeness (QED) is 0.773. The molecule has 1 aliphatic heterocycles. The minimum Gasteiger partial charge on any atom is -0.341 e. The van der Waals surface area contributed by atoms with Gasteiger partial charge in [-0.05, 0) is 44.1 Å². The summed E-state index contributed by atoms with van der Waals surface area (Å²) in [5, 5.41) is 0. The SMILES string of the molecule is Cc1cc(CCl)nc(N2CCC3(CCCC3)CC2)n1. The molecule has 1 saturated carbocycles. The first kappa shape index (κ1) is 13.2. The largest absolute Gasteiger partial charge is 0.341 e. The predicted molar refractivity (Wildman–Crippen MR) is 78.7 cm³/mol. The zero-order valence-electron chi connectivity index (χ0n) is 11.7. The summed E-state index contributed by atoms with van der Waals surface area (Å²) in [6.07, 6.45) is 8.33. The molecule has 2 fully saturated rings. The maximum atomic E-state index is 5.90. The Morgan fingerprint density at radius 3 is 2.47 bits per heavy atom. The molecule has 0 amide bonds. The van der Waals surface area contributed by atoms with Crippen LogP contribution in [0.3, 0.4) is 0 Å². The fraction of sp³-hybridized carbons (Fsp3) is 0.733. The van der Waals surface area contributed by atoms with E-state index in [-0.39, 0.29) is 0 Å². The molecular formula is C15H22ClN3. The molecule has 1 spiro atoms. The van der Waals surface area contributed by atoms with Crippen LogP contribution in [0.4, 0.5) is 5.95 Å². The molecule has 1 aromatic rings. The molecule has 4 heteroatoms. The summed E-state index contributed by atoms with van der Waals surface area (Å²) in [5.74, 6) is 1.34. The van der Waals surface area contributed by atoms with Crippen molar-refractivity contribution in [2.75, 3.05) is 18.0 Å². The van der Waals surface area contributed by atoms with Crippen LogP contribution in [0.2, 0.25) is 0 Å². The Bertz CT molecular complexity index is 445. The van der Waals surface area contributed by atoms with Crippen LogP contribution in [0.1, 0.15) is 49.9 Å². The molecule has 3 rings (SSSR count). The van der Waals surface area contributed by atoms with E-state index in [0.29, 0.717) is 11.3 Å². The summed E-state index contributed by atoms with van der Waals surface area (Å²) < 4.78 is 0. The van der Waals surface area contributed by atoms with Crippen LogP contribution in [-0.4, -0.2) is 23.1 Å². The van der Waals surface area contributed by atoms with Crippen LogP contribution in [-0.2, 0) is 5.88 Å². The maximum absolute atomic E-state index is 5.90. The van der Waals surface area contributed by atoms with Gasteiger partial charge < -0.3 is 4.90 Å². The second-order valence-electron chi connectivity index (χ2n) is 6.13. The Labute approximate surface area is 120 Å². The van der Waals surface area contributed by atoms with Crippen molar-refractivity contribution in [1.29, 1.82) is 0 Å². The average molecular weight is 280 g/mol. The summed E-state index contributed by atoms with van der Waals surface area (Å²) in [7, 11) is 0. The lowest BCUT2D eigenvalue weighted by atomic mass is 9.77. The number of hydrogen-bond donors (Lipinski definition) is 0. The van der Waals surface area contributed by atoms with Crippen LogP contribution in [0, 0.1) is 12.3 Å². The monoisotopic (exact) mass is 279 g/mol. The first-order valence-electron chi connectivity index (χ1n) is 7.36. The van der Waals surface area contributed by atoms with Crippen molar-refractivity contribution in [3.8, 4) is 0 Å². The normalized spacial score (nSPS) is 22.1. The van der Waals surface area contributed by atoms with Crippen molar-refractivity contribution in [2.45, 2.75) is 51.3 Å². The Morgan fingerprint density at radius 1 is 1.16 bits per heavy atom. The lowest BCUT2D eigenvalue weighted by Gasteiger charge is -2.39. The van der Waals surface area contributed by atoms with Crippen LogP contribution in [0.25, 0.3) is 0 Å². The van der Waals surface area contributed by atoms with Crippen molar-refractivity contribution < 1.29 is 0 Å². The molecule has 1 aromatic heterocycles. The lowest BCUT2D eigenvalue weighted by molar-refractivity contribution is 0.225. The highest BCUT2D eigenvalue weighted by atomic mass is 35.5. The summed E-state index contributed by atoms with van der Waals surface area (Å²) in [6, 6.07) is 1.97. The van der Waals surface area contributed by atoms with Crippen LogP contribution in [0.5, 0.6) is 0 Å². The zero-order valence-corrected chi connectivity index (χ0v) is 12.4. The number of aromatic nitrogens is 2. The number of hydrogen-bond acceptors (Lipinski definition) is 3. The van der Waals surface area contributed by atoms with E-state index < -0.39 is 0 Å². The highest BCUT2D eigenvalue weighted by molar-refractivity contribution is 6.16. The highest BCUT2D eigenvalue weighted by Crippen LogP contribution is 2.46. The molecule has 1 saturated heterocycles. The molecule has 1 aliphatic carbocycles.